The number of benzene rings is 1. The molecule has 3 N–H and O–H groups in total. The summed E-state index contributed by atoms with van der Waals surface area (Å²) in [7, 11) is -3.55. The first-order valence-electron chi connectivity index (χ1n) is 8.64. The van der Waals surface area contributed by atoms with E-state index in [2.05, 4.69) is 4.72 Å². The van der Waals surface area contributed by atoms with Crippen LogP contribution in [0.4, 0.5) is 5.69 Å². The molecule has 8 heteroatoms. The molecule has 0 bridgehead atoms. The Morgan fingerprint density at radius 1 is 1.23 bits per heavy atom. The van der Waals surface area contributed by atoms with E-state index in [1.165, 1.54) is 11.3 Å². The van der Waals surface area contributed by atoms with E-state index in [0.717, 1.165) is 31.4 Å². The second-order valence-electron chi connectivity index (χ2n) is 6.38. The molecule has 26 heavy (non-hydrogen) atoms. The second kappa shape index (κ2) is 8.20. The lowest BCUT2D eigenvalue weighted by atomic mass is 10.0. The van der Waals surface area contributed by atoms with Crippen LogP contribution in [0.15, 0.2) is 46.0 Å². The molecule has 1 unspecified atom stereocenters. The van der Waals surface area contributed by atoms with Crippen LogP contribution in [0.1, 0.15) is 24.8 Å². The van der Waals surface area contributed by atoms with Crippen LogP contribution in [-0.4, -0.2) is 38.4 Å². The number of carbonyl (C=O) groups is 1. The monoisotopic (exact) mass is 393 g/mol. The molecule has 0 saturated carbocycles. The summed E-state index contributed by atoms with van der Waals surface area (Å²) in [5.41, 5.74) is 7.12. The first-order chi connectivity index (χ1) is 12.5. The number of nitrogens with one attached hydrogen (secondary N) is 1. The number of rotatable bonds is 6. The van der Waals surface area contributed by atoms with Crippen LogP contribution in [0.5, 0.6) is 0 Å². The van der Waals surface area contributed by atoms with Crippen LogP contribution in [0.3, 0.4) is 0 Å². The van der Waals surface area contributed by atoms with Gasteiger partial charge >= 0.3 is 0 Å². The highest BCUT2D eigenvalue weighted by molar-refractivity contribution is 7.94. The normalized spacial score (nSPS) is 17.9. The maximum Gasteiger partial charge on any atom is 0.271 e. The van der Waals surface area contributed by atoms with Gasteiger partial charge in [-0.05, 0) is 48.4 Å². The molecule has 0 spiro atoms. The Morgan fingerprint density at radius 3 is 2.65 bits per heavy atom. The number of sulfonamides is 1. The van der Waals surface area contributed by atoms with Gasteiger partial charge in [0.15, 0.2) is 0 Å². The summed E-state index contributed by atoms with van der Waals surface area (Å²) in [4.78, 5) is 14.5. The Morgan fingerprint density at radius 2 is 2.00 bits per heavy atom. The minimum Gasteiger partial charge on any atom is -0.338 e. The Kier molecular flexibility index (Phi) is 5.95. The van der Waals surface area contributed by atoms with Crippen molar-refractivity contribution in [1.29, 1.82) is 0 Å². The van der Waals surface area contributed by atoms with Crippen molar-refractivity contribution in [2.24, 2.45) is 5.73 Å². The molecule has 1 saturated heterocycles. The molecule has 0 aliphatic carbocycles. The zero-order valence-corrected chi connectivity index (χ0v) is 16.1. The molecule has 1 aromatic carbocycles. The van der Waals surface area contributed by atoms with Crippen molar-refractivity contribution in [3.05, 3.63) is 47.3 Å². The summed E-state index contributed by atoms with van der Waals surface area (Å²) in [6.07, 6.45) is 3.40. The van der Waals surface area contributed by atoms with E-state index in [9.17, 15) is 13.2 Å². The second-order valence-corrected chi connectivity index (χ2v) is 9.24. The van der Waals surface area contributed by atoms with Crippen LogP contribution in [0.2, 0.25) is 0 Å². The van der Waals surface area contributed by atoms with Gasteiger partial charge < -0.3 is 10.6 Å². The Balaban J connectivity index is 1.63. The largest absolute Gasteiger partial charge is 0.338 e. The van der Waals surface area contributed by atoms with Gasteiger partial charge in [-0.1, -0.05) is 18.2 Å². The van der Waals surface area contributed by atoms with Gasteiger partial charge in [0, 0.05) is 24.8 Å². The zero-order valence-electron chi connectivity index (χ0n) is 14.4. The first-order valence-corrected chi connectivity index (χ1v) is 11.0. The summed E-state index contributed by atoms with van der Waals surface area (Å²) < 4.78 is 27.3. The highest BCUT2D eigenvalue weighted by atomic mass is 32.2. The van der Waals surface area contributed by atoms with E-state index < -0.39 is 10.0 Å². The Bertz CT molecular complexity index is 833. The molecule has 1 aliphatic rings. The van der Waals surface area contributed by atoms with Crippen molar-refractivity contribution >= 4 is 33.0 Å². The van der Waals surface area contributed by atoms with Gasteiger partial charge in [0.2, 0.25) is 5.91 Å². The number of likely N-dealkylation sites (tertiary alicyclic amines) is 1. The quantitative estimate of drug-likeness (QED) is 0.788. The molecule has 2 aromatic rings. The van der Waals surface area contributed by atoms with Gasteiger partial charge in [-0.15, -0.1) is 11.3 Å². The third-order valence-corrected chi connectivity index (χ3v) is 7.32. The van der Waals surface area contributed by atoms with Crippen LogP contribution in [0, 0.1) is 0 Å². The predicted octanol–water partition coefficient (Wildman–Crippen LogP) is 2.43. The number of thiophene rings is 1. The maximum atomic E-state index is 12.6. The Hall–Kier alpha value is -1.90. The molecular weight excluding hydrogens is 370 g/mol. The molecule has 1 aromatic heterocycles. The van der Waals surface area contributed by atoms with Crippen molar-refractivity contribution < 1.29 is 13.2 Å². The summed E-state index contributed by atoms with van der Waals surface area (Å²) in [5.74, 6) is 0.0760. The molecule has 140 valence electrons. The highest BCUT2D eigenvalue weighted by Crippen LogP contribution is 2.21. The standard InChI is InChI=1S/C18H23N3O3S2/c19-13-16-4-1-2-10-21(16)17(22)12-14-6-8-15(9-7-14)20-26(23,24)18-5-3-11-25-18/h3,5-9,11,16,20H,1-2,4,10,12-13,19H2. The number of anilines is 1. The fourth-order valence-corrected chi connectivity index (χ4v) is 5.21. The van der Waals surface area contributed by atoms with Crippen LogP contribution >= 0.6 is 11.3 Å². The van der Waals surface area contributed by atoms with Crippen molar-refractivity contribution in [3.63, 3.8) is 0 Å². The van der Waals surface area contributed by atoms with Crippen molar-refractivity contribution in [1.82, 2.24) is 4.90 Å². The predicted molar refractivity (Wildman–Crippen MR) is 104 cm³/mol. The number of hydrogen-bond acceptors (Lipinski definition) is 5. The van der Waals surface area contributed by atoms with Crippen molar-refractivity contribution in [2.75, 3.05) is 17.8 Å². The average Bonchev–Trinajstić information content (AvgIpc) is 3.19. The van der Waals surface area contributed by atoms with E-state index >= 15 is 0 Å². The number of carbonyl (C=O) groups excluding carboxylic acids is 1. The molecule has 2 heterocycles. The van der Waals surface area contributed by atoms with Gasteiger partial charge in [-0.3, -0.25) is 9.52 Å². The maximum absolute atomic E-state index is 12.6. The minimum absolute atomic E-state index is 0.0760. The summed E-state index contributed by atoms with van der Waals surface area (Å²) in [5, 5.41) is 1.72. The number of nitrogens with two attached hydrogens (primary N) is 1. The van der Waals surface area contributed by atoms with E-state index in [-0.39, 0.29) is 16.2 Å². The Labute approximate surface area is 158 Å². The lowest BCUT2D eigenvalue weighted by Gasteiger charge is -2.35. The van der Waals surface area contributed by atoms with E-state index in [1.54, 1.807) is 41.8 Å². The third-order valence-electron chi connectivity index (χ3n) is 4.54. The van der Waals surface area contributed by atoms with Crippen molar-refractivity contribution in [3.8, 4) is 0 Å². The number of amides is 1. The lowest BCUT2D eigenvalue weighted by molar-refractivity contribution is -0.133. The fourth-order valence-electron chi connectivity index (χ4n) is 3.16. The molecule has 1 atom stereocenters. The molecule has 1 aliphatic heterocycles. The van der Waals surface area contributed by atoms with Crippen LogP contribution in [0.25, 0.3) is 0 Å². The minimum atomic E-state index is -3.55. The SMILES string of the molecule is NCC1CCCCN1C(=O)Cc1ccc(NS(=O)(=O)c2cccs2)cc1. The zero-order chi connectivity index (χ0) is 18.6. The average molecular weight is 394 g/mol. The van der Waals surface area contributed by atoms with Crippen LogP contribution in [-0.2, 0) is 21.2 Å². The highest BCUT2D eigenvalue weighted by Gasteiger charge is 2.25. The third kappa shape index (κ3) is 4.44. The van der Waals surface area contributed by atoms with E-state index in [0.29, 0.717) is 18.7 Å². The van der Waals surface area contributed by atoms with Gasteiger partial charge in [-0.25, -0.2) is 8.42 Å². The molecule has 3 rings (SSSR count). The van der Waals surface area contributed by atoms with Gasteiger partial charge in [0.1, 0.15) is 4.21 Å². The lowest BCUT2D eigenvalue weighted by Crippen LogP contribution is -2.48. The first kappa shape index (κ1) is 18.9. The topological polar surface area (TPSA) is 92.5 Å². The van der Waals surface area contributed by atoms with Crippen molar-refractivity contribution in [2.45, 2.75) is 35.9 Å². The van der Waals surface area contributed by atoms with Gasteiger partial charge in [0.25, 0.3) is 10.0 Å². The van der Waals surface area contributed by atoms with Gasteiger partial charge in [-0.2, -0.15) is 0 Å². The number of hydrogen-bond donors (Lipinski definition) is 2. The summed E-state index contributed by atoms with van der Waals surface area (Å²) in [6.45, 7) is 1.26. The smallest absolute Gasteiger partial charge is 0.271 e. The summed E-state index contributed by atoms with van der Waals surface area (Å²) >= 11 is 1.17. The molecular formula is C18H23N3O3S2. The molecule has 1 amide bonds. The fraction of sp³-hybridized carbons (Fsp3) is 0.389. The van der Waals surface area contributed by atoms with Gasteiger partial charge in [0.05, 0.1) is 6.42 Å². The molecule has 6 nitrogen and oxygen atoms in total. The van der Waals surface area contributed by atoms with E-state index in [1.807, 2.05) is 4.90 Å². The number of nitrogens with zero attached hydrogens (tertiary/aromatic N) is 1. The van der Waals surface area contributed by atoms with E-state index in [4.69, 9.17) is 5.73 Å². The summed E-state index contributed by atoms with van der Waals surface area (Å²) in [6, 6.07) is 10.3. The molecule has 1 fully saturated rings. The number of piperidine rings is 1. The van der Waals surface area contributed by atoms with Crippen LogP contribution < -0.4 is 10.5 Å². The molecule has 0 radical (unpaired) electrons.